The second-order valence-electron chi connectivity index (χ2n) is 7.94. The number of amidine groups is 1. The monoisotopic (exact) mass is 538 g/mol. The maximum absolute atomic E-state index is 12.9. The van der Waals surface area contributed by atoms with Crippen molar-refractivity contribution in [1.29, 1.82) is 5.41 Å². The summed E-state index contributed by atoms with van der Waals surface area (Å²) in [5.74, 6) is -2.26. The number of ether oxygens (including phenoxy) is 1. The normalized spacial score (nSPS) is 11.1. The standard InChI is InChI=1S/C22H27ClN6O6S/c1-12(2)36(33,34)29(10-19(24)30)17-6-15(5-16(23)8-17)22(32)28-9-14-4-3-13(21(26)27)7-18(14)35-11-20(25)31/h3-8,12H,9-11H2,1-2H3,(H2,24,30)(H2,25,31)(H3,26,27)(H,28,32). The number of sulfonamides is 1. The van der Waals surface area contributed by atoms with Gasteiger partial charge >= 0.3 is 0 Å². The number of halogens is 1. The second-order valence-corrected chi connectivity index (χ2v) is 10.8. The highest BCUT2D eigenvalue weighted by Gasteiger charge is 2.28. The molecule has 0 bridgehead atoms. The predicted molar refractivity (Wildman–Crippen MR) is 135 cm³/mol. The van der Waals surface area contributed by atoms with E-state index >= 15 is 0 Å². The summed E-state index contributed by atoms with van der Waals surface area (Å²) >= 11 is 6.15. The highest BCUT2D eigenvalue weighted by atomic mass is 35.5. The Morgan fingerprint density at radius 2 is 1.72 bits per heavy atom. The molecule has 0 radical (unpaired) electrons. The molecule has 0 saturated heterocycles. The molecule has 0 saturated carbocycles. The lowest BCUT2D eigenvalue weighted by Crippen LogP contribution is -2.42. The zero-order chi connectivity index (χ0) is 27.2. The lowest BCUT2D eigenvalue weighted by Gasteiger charge is -2.25. The summed E-state index contributed by atoms with van der Waals surface area (Å²) in [6, 6.07) is 8.43. The molecule has 194 valence electrons. The average Bonchev–Trinajstić information content (AvgIpc) is 2.78. The summed E-state index contributed by atoms with van der Waals surface area (Å²) in [6.07, 6.45) is 0. The highest BCUT2D eigenvalue weighted by Crippen LogP contribution is 2.27. The van der Waals surface area contributed by atoms with Crippen molar-refractivity contribution >= 4 is 50.9 Å². The number of nitrogen functional groups attached to an aromatic ring is 1. The van der Waals surface area contributed by atoms with Crippen LogP contribution in [0.15, 0.2) is 36.4 Å². The molecule has 3 amide bonds. The largest absolute Gasteiger partial charge is 0.483 e. The van der Waals surface area contributed by atoms with E-state index in [-0.39, 0.29) is 34.4 Å². The first-order chi connectivity index (χ1) is 16.7. The van der Waals surface area contributed by atoms with Crippen molar-refractivity contribution in [3.05, 3.63) is 58.1 Å². The molecule has 0 aliphatic heterocycles. The van der Waals surface area contributed by atoms with Gasteiger partial charge in [0, 0.05) is 28.3 Å². The van der Waals surface area contributed by atoms with E-state index in [1.165, 1.54) is 44.2 Å². The SMILES string of the molecule is CC(C)S(=O)(=O)N(CC(N)=O)c1cc(Cl)cc(C(=O)NCc2ccc(C(=N)N)cc2OCC(N)=O)c1. The van der Waals surface area contributed by atoms with Crippen molar-refractivity contribution in [2.24, 2.45) is 17.2 Å². The molecule has 2 rings (SSSR count). The third-order valence-corrected chi connectivity index (χ3v) is 7.19. The van der Waals surface area contributed by atoms with Crippen LogP contribution in [0.2, 0.25) is 5.02 Å². The van der Waals surface area contributed by atoms with E-state index in [9.17, 15) is 22.8 Å². The van der Waals surface area contributed by atoms with Crippen molar-refractivity contribution in [2.75, 3.05) is 17.5 Å². The fraction of sp³-hybridized carbons (Fsp3) is 0.273. The highest BCUT2D eigenvalue weighted by molar-refractivity contribution is 7.93. The molecule has 0 aromatic heterocycles. The van der Waals surface area contributed by atoms with E-state index in [4.69, 9.17) is 38.9 Å². The smallest absolute Gasteiger partial charge is 0.255 e. The number of nitrogens with two attached hydrogens (primary N) is 3. The quantitative estimate of drug-likeness (QED) is 0.190. The lowest BCUT2D eigenvalue weighted by molar-refractivity contribution is -0.120. The van der Waals surface area contributed by atoms with Crippen molar-refractivity contribution in [1.82, 2.24) is 5.32 Å². The molecule has 2 aromatic rings. The molecule has 0 aliphatic carbocycles. The Hall–Kier alpha value is -3.84. The molecule has 12 nitrogen and oxygen atoms in total. The van der Waals surface area contributed by atoms with Gasteiger partial charge in [-0.2, -0.15) is 0 Å². The maximum atomic E-state index is 12.9. The molecule has 0 spiro atoms. The van der Waals surface area contributed by atoms with E-state index in [1.807, 2.05) is 0 Å². The fourth-order valence-corrected chi connectivity index (χ4v) is 4.45. The van der Waals surface area contributed by atoms with Crippen molar-refractivity contribution in [3.63, 3.8) is 0 Å². The van der Waals surface area contributed by atoms with E-state index in [1.54, 1.807) is 6.07 Å². The van der Waals surface area contributed by atoms with Gasteiger partial charge < -0.3 is 27.3 Å². The van der Waals surface area contributed by atoms with E-state index < -0.39 is 46.1 Å². The molecule has 0 fully saturated rings. The minimum Gasteiger partial charge on any atom is -0.483 e. The number of anilines is 1. The molecule has 36 heavy (non-hydrogen) atoms. The van der Waals surface area contributed by atoms with Crippen molar-refractivity contribution < 1.29 is 27.5 Å². The summed E-state index contributed by atoms with van der Waals surface area (Å²) in [5.41, 5.74) is 16.7. The molecule has 0 unspecified atom stereocenters. The zero-order valence-electron chi connectivity index (χ0n) is 19.6. The predicted octanol–water partition coefficient (Wildman–Crippen LogP) is 0.448. The first kappa shape index (κ1) is 28.4. The summed E-state index contributed by atoms with van der Waals surface area (Å²) < 4.78 is 31.8. The van der Waals surface area contributed by atoms with Gasteiger partial charge in [0.25, 0.3) is 11.8 Å². The van der Waals surface area contributed by atoms with Crippen LogP contribution < -0.4 is 31.6 Å². The number of amides is 3. The number of nitrogens with one attached hydrogen (secondary N) is 2. The topological polar surface area (TPSA) is 212 Å². The van der Waals surface area contributed by atoms with E-state index in [0.717, 1.165) is 4.31 Å². The third-order valence-electron chi connectivity index (χ3n) is 4.82. The minimum absolute atomic E-state index is 0.00329. The summed E-state index contributed by atoms with van der Waals surface area (Å²) in [7, 11) is -3.97. The zero-order valence-corrected chi connectivity index (χ0v) is 21.2. The van der Waals surface area contributed by atoms with Crippen LogP contribution >= 0.6 is 11.6 Å². The Kier molecular flexibility index (Phi) is 9.25. The Balaban J connectivity index is 2.35. The molecule has 14 heteroatoms. The molecule has 0 heterocycles. The van der Waals surface area contributed by atoms with Gasteiger partial charge in [-0.25, -0.2) is 8.42 Å². The van der Waals surface area contributed by atoms with Gasteiger partial charge in [-0.3, -0.25) is 24.1 Å². The Bertz CT molecular complexity index is 1300. The summed E-state index contributed by atoms with van der Waals surface area (Å²) in [5, 5.41) is 9.40. The first-order valence-corrected chi connectivity index (χ1v) is 12.4. The van der Waals surface area contributed by atoms with Crippen LogP contribution in [0.5, 0.6) is 5.75 Å². The van der Waals surface area contributed by atoms with Crippen LogP contribution in [0.25, 0.3) is 0 Å². The number of rotatable bonds is 12. The maximum Gasteiger partial charge on any atom is 0.255 e. The van der Waals surface area contributed by atoms with Gasteiger partial charge in [-0.1, -0.05) is 23.7 Å². The van der Waals surface area contributed by atoms with E-state index in [0.29, 0.717) is 11.1 Å². The molecule has 2 aromatic carbocycles. The number of benzene rings is 2. The number of hydrogen-bond acceptors (Lipinski definition) is 7. The van der Waals surface area contributed by atoms with Crippen LogP contribution in [0.4, 0.5) is 5.69 Å². The first-order valence-electron chi connectivity index (χ1n) is 10.5. The van der Waals surface area contributed by atoms with Gasteiger partial charge in [0.1, 0.15) is 18.1 Å². The Morgan fingerprint density at radius 3 is 2.28 bits per heavy atom. The molecule has 8 N–H and O–H groups in total. The molecular formula is C22H27ClN6O6S. The van der Waals surface area contributed by atoms with Crippen molar-refractivity contribution in [3.8, 4) is 5.75 Å². The minimum atomic E-state index is -3.97. The van der Waals surface area contributed by atoms with Crippen LogP contribution in [0.3, 0.4) is 0 Å². The second kappa shape index (κ2) is 11.7. The Labute approximate surface area is 213 Å². The average molecular weight is 539 g/mol. The third kappa shape index (κ3) is 7.33. The van der Waals surface area contributed by atoms with Gasteiger partial charge in [0.05, 0.1) is 10.9 Å². The fourth-order valence-electron chi connectivity index (χ4n) is 3.00. The molecule has 0 aliphatic rings. The lowest BCUT2D eigenvalue weighted by atomic mass is 10.1. The van der Waals surface area contributed by atoms with E-state index in [2.05, 4.69) is 5.32 Å². The van der Waals surface area contributed by atoms with Crippen LogP contribution in [0.1, 0.15) is 35.3 Å². The number of hydrogen-bond donors (Lipinski definition) is 5. The van der Waals surface area contributed by atoms with Gasteiger partial charge in [-0.15, -0.1) is 0 Å². The number of carbonyl (C=O) groups excluding carboxylic acids is 3. The van der Waals surface area contributed by atoms with Gasteiger partial charge in [0.2, 0.25) is 15.9 Å². The molecular weight excluding hydrogens is 512 g/mol. The number of carbonyl (C=O) groups is 3. The summed E-state index contributed by atoms with van der Waals surface area (Å²) in [6.45, 7) is 1.75. The molecule has 0 atom stereocenters. The van der Waals surface area contributed by atoms with Crippen molar-refractivity contribution in [2.45, 2.75) is 25.6 Å². The van der Waals surface area contributed by atoms with Gasteiger partial charge in [0.15, 0.2) is 6.61 Å². The number of primary amides is 2. The van der Waals surface area contributed by atoms with Gasteiger partial charge in [-0.05, 0) is 38.1 Å². The Morgan fingerprint density at radius 1 is 1.06 bits per heavy atom. The number of nitrogens with zero attached hydrogens (tertiary/aromatic N) is 1. The van der Waals surface area contributed by atoms with Crippen LogP contribution in [-0.2, 0) is 26.2 Å². The van der Waals surface area contributed by atoms with Crippen LogP contribution in [-0.4, -0.2) is 50.4 Å². The van der Waals surface area contributed by atoms with Crippen LogP contribution in [0, 0.1) is 5.41 Å². The summed E-state index contributed by atoms with van der Waals surface area (Å²) in [4.78, 5) is 35.6.